The molecule has 0 bridgehead atoms. The average molecular weight is 269 g/mol. The van der Waals surface area contributed by atoms with Gasteiger partial charge in [-0.05, 0) is 37.5 Å². The van der Waals surface area contributed by atoms with E-state index in [4.69, 9.17) is 15.2 Å². The summed E-state index contributed by atoms with van der Waals surface area (Å²) in [6.07, 6.45) is 2.35. The Morgan fingerprint density at radius 1 is 1.21 bits per heavy atom. The highest BCUT2D eigenvalue weighted by molar-refractivity contribution is 5.30. The molecular formula is C15H24FNO2. The summed E-state index contributed by atoms with van der Waals surface area (Å²) >= 11 is 0. The van der Waals surface area contributed by atoms with Crippen LogP contribution in [-0.4, -0.2) is 25.9 Å². The SMILES string of the molecule is CCOCCCOc1cc(F)cc(CC(N)CC)c1. The summed E-state index contributed by atoms with van der Waals surface area (Å²) in [5, 5.41) is 0. The zero-order valence-electron chi connectivity index (χ0n) is 11.8. The van der Waals surface area contributed by atoms with Crippen LogP contribution in [0.1, 0.15) is 32.3 Å². The summed E-state index contributed by atoms with van der Waals surface area (Å²) in [5.74, 6) is 0.287. The Balaban J connectivity index is 2.49. The number of rotatable bonds is 9. The van der Waals surface area contributed by atoms with E-state index in [0.717, 1.165) is 18.4 Å². The van der Waals surface area contributed by atoms with Crippen LogP contribution in [0.25, 0.3) is 0 Å². The number of benzene rings is 1. The van der Waals surface area contributed by atoms with Crippen LogP contribution in [-0.2, 0) is 11.2 Å². The second-order valence-corrected chi connectivity index (χ2v) is 4.57. The van der Waals surface area contributed by atoms with Gasteiger partial charge in [0.25, 0.3) is 0 Å². The van der Waals surface area contributed by atoms with Crippen LogP contribution in [0.2, 0.25) is 0 Å². The van der Waals surface area contributed by atoms with Gasteiger partial charge in [-0.25, -0.2) is 4.39 Å². The Bertz CT molecular complexity index is 371. The van der Waals surface area contributed by atoms with Gasteiger partial charge in [-0.2, -0.15) is 0 Å². The first-order valence-electron chi connectivity index (χ1n) is 6.91. The van der Waals surface area contributed by atoms with Crippen LogP contribution in [0.4, 0.5) is 4.39 Å². The van der Waals surface area contributed by atoms with E-state index in [9.17, 15) is 4.39 Å². The van der Waals surface area contributed by atoms with Gasteiger partial charge in [0.2, 0.25) is 0 Å². The topological polar surface area (TPSA) is 44.5 Å². The fourth-order valence-corrected chi connectivity index (χ4v) is 1.76. The first-order chi connectivity index (χ1) is 9.15. The third kappa shape index (κ3) is 6.55. The van der Waals surface area contributed by atoms with Crippen LogP contribution < -0.4 is 10.5 Å². The molecule has 1 rings (SSSR count). The van der Waals surface area contributed by atoms with E-state index in [1.807, 2.05) is 19.9 Å². The molecule has 108 valence electrons. The zero-order chi connectivity index (χ0) is 14.1. The molecule has 0 aromatic heterocycles. The quantitative estimate of drug-likeness (QED) is 0.701. The smallest absolute Gasteiger partial charge is 0.127 e. The summed E-state index contributed by atoms with van der Waals surface area (Å²) in [4.78, 5) is 0. The lowest BCUT2D eigenvalue weighted by atomic mass is 10.0. The standard InChI is InChI=1S/C15H24FNO2/c1-3-14(17)9-12-8-13(16)11-15(10-12)19-7-5-6-18-4-2/h8,10-11,14H,3-7,9,17H2,1-2H3. The van der Waals surface area contributed by atoms with Crippen molar-refractivity contribution in [3.05, 3.63) is 29.6 Å². The minimum atomic E-state index is -0.277. The molecule has 0 saturated carbocycles. The maximum Gasteiger partial charge on any atom is 0.127 e. The van der Waals surface area contributed by atoms with E-state index in [1.165, 1.54) is 12.1 Å². The van der Waals surface area contributed by atoms with Gasteiger partial charge in [-0.15, -0.1) is 0 Å². The molecule has 1 atom stereocenters. The Morgan fingerprint density at radius 2 is 2.00 bits per heavy atom. The minimum absolute atomic E-state index is 0.0626. The molecule has 0 spiro atoms. The van der Waals surface area contributed by atoms with Crippen molar-refractivity contribution in [2.45, 2.75) is 39.2 Å². The van der Waals surface area contributed by atoms with Gasteiger partial charge < -0.3 is 15.2 Å². The second-order valence-electron chi connectivity index (χ2n) is 4.57. The molecule has 3 nitrogen and oxygen atoms in total. The minimum Gasteiger partial charge on any atom is -0.493 e. The molecule has 2 N–H and O–H groups in total. The fourth-order valence-electron chi connectivity index (χ4n) is 1.76. The molecule has 0 amide bonds. The lowest BCUT2D eigenvalue weighted by Gasteiger charge is -2.11. The summed E-state index contributed by atoms with van der Waals surface area (Å²) in [7, 11) is 0. The van der Waals surface area contributed by atoms with Gasteiger partial charge in [0, 0.05) is 31.7 Å². The lowest BCUT2D eigenvalue weighted by Crippen LogP contribution is -2.21. The van der Waals surface area contributed by atoms with Gasteiger partial charge >= 0.3 is 0 Å². The van der Waals surface area contributed by atoms with Gasteiger partial charge in [-0.1, -0.05) is 6.92 Å². The van der Waals surface area contributed by atoms with E-state index in [2.05, 4.69) is 0 Å². The molecule has 4 heteroatoms. The van der Waals surface area contributed by atoms with Crippen molar-refractivity contribution in [2.75, 3.05) is 19.8 Å². The van der Waals surface area contributed by atoms with E-state index >= 15 is 0 Å². The van der Waals surface area contributed by atoms with Gasteiger partial charge in [0.05, 0.1) is 6.61 Å². The largest absolute Gasteiger partial charge is 0.493 e. The Morgan fingerprint density at radius 3 is 2.68 bits per heavy atom. The highest BCUT2D eigenvalue weighted by Gasteiger charge is 2.06. The molecular weight excluding hydrogens is 245 g/mol. The third-order valence-corrected chi connectivity index (χ3v) is 2.86. The molecule has 0 heterocycles. The average Bonchev–Trinajstić information content (AvgIpc) is 2.37. The van der Waals surface area contributed by atoms with E-state index in [0.29, 0.717) is 32.0 Å². The van der Waals surface area contributed by atoms with E-state index in [1.54, 1.807) is 0 Å². The Hall–Kier alpha value is -1.13. The van der Waals surface area contributed by atoms with Crippen LogP contribution in [0.15, 0.2) is 18.2 Å². The number of ether oxygens (including phenoxy) is 2. The maximum atomic E-state index is 13.5. The van der Waals surface area contributed by atoms with Crippen molar-refractivity contribution in [1.29, 1.82) is 0 Å². The Labute approximate surface area is 114 Å². The summed E-state index contributed by atoms with van der Waals surface area (Å²) < 4.78 is 24.2. The molecule has 1 unspecified atom stereocenters. The van der Waals surface area contributed by atoms with Crippen molar-refractivity contribution < 1.29 is 13.9 Å². The monoisotopic (exact) mass is 269 g/mol. The first-order valence-corrected chi connectivity index (χ1v) is 6.91. The zero-order valence-corrected chi connectivity index (χ0v) is 11.8. The molecule has 0 radical (unpaired) electrons. The van der Waals surface area contributed by atoms with Crippen molar-refractivity contribution >= 4 is 0 Å². The summed E-state index contributed by atoms with van der Waals surface area (Å²) in [5.41, 5.74) is 6.76. The molecule has 1 aromatic rings. The predicted octanol–water partition coefficient (Wildman–Crippen LogP) is 2.91. The van der Waals surface area contributed by atoms with Crippen molar-refractivity contribution in [3.8, 4) is 5.75 Å². The maximum absolute atomic E-state index is 13.5. The third-order valence-electron chi connectivity index (χ3n) is 2.86. The van der Waals surface area contributed by atoms with Crippen molar-refractivity contribution in [2.24, 2.45) is 5.73 Å². The molecule has 1 aromatic carbocycles. The second kappa shape index (κ2) is 8.88. The number of hydrogen-bond acceptors (Lipinski definition) is 3. The lowest BCUT2D eigenvalue weighted by molar-refractivity contribution is 0.131. The molecule has 0 aliphatic heterocycles. The van der Waals surface area contributed by atoms with Gasteiger partial charge in [-0.3, -0.25) is 0 Å². The highest BCUT2D eigenvalue weighted by Crippen LogP contribution is 2.18. The van der Waals surface area contributed by atoms with Gasteiger partial charge in [0.15, 0.2) is 0 Å². The van der Waals surface area contributed by atoms with Crippen molar-refractivity contribution in [3.63, 3.8) is 0 Å². The Kier molecular flexibility index (Phi) is 7.45. The van der Waals surface area contributed by atoms with E-state index in [-0.39, 0.29) is 11.9 Å². The molecule has 0 fully saturated rings. The number of nitrogens with two attached hydrogens (primary N) is 1. The molecule has 19 heavy (non-hydrogen) atoms. The molecule has 0 aliphatic carbocycles. The summed E-state index contributed by atoms with van der Waals surface area (Å²) in [6, 6.07) is 4.84. The highest BCUT2D eigenvalue weighted by atomic mass is 19.1. The number of halogens is 1. The van der Waals surface area contributed by atoms with Gasteiger partial charge in [0.1, 0.15) is 11.6 Å². The molecule has 0 saturated heterocycles. The number of hydrogen-bond donors (Lipinski definition) is 1. The molecule has 0 aliphatic rings. The summed E-state index contributed by atoms with van der Waals surface area (Å²) in [6.45, 7) is 5.88. The normalized spacial score (nSPS) is 12.4. The van der Waals surface area contributed by atoms with E-state index < -0.39 is 0 Å². The van der Waals surface area contributed by atoms with Crippen molar-refractivity contribution in [1.82, 2.24) is 0 Å². The van der Waals surface area contributed by atoms with Crippen LogP contribution in [0, 0.1) is 5.82 Å². The van der Waals surface area contributed by atoms with Crippen LogP contribution >= 0.6 is 0 Å². The first kappa shape index (κ1) is 15.9. The van der Waals surface area contributed by atoms with Crippen LogP contribution in [0.5, 0.6) is 5.75 Å². The fraction of sp³-hybridized carbons (Fsp3) is 0.600. The van der Waals surface area contributed by atoms with Crippen LogP contribution in [0.3, 0.4) is 0 Å². The predicted molar refractivity (Wildman–Crippen MR) is 75.0 cm³/mol.